The summed E-state index contributed by atoms with van der Waals surface area (Å²) < 4.78 is 11.0. The van der Waals surface area contributed by atoms with E-state index in [1.165, 1.54) is 19.1 Å². The molecule has 33 heavy (non-hydrogen) atoms. The molecule has 3 aromatic rings. The number of likely N-dealkylation sites (tertiary alicyclic amines) is 1. The van der Waals surface area contributed by atoms with Crippen molar-refractivity contribution in [2.45, 2.75) is 19.5 Å². The molecule has 1 amide bonds. The third-order valence-corrected chi connectivity index (χ3v) is 5.67. The van der Waals surface area contributed by atoms with E-state index in [-0.39, 0.29) is 17.9 Å². The van der Waals surface area contributed by atoms with Crippen LogP contribution >= 0.6 is 0 Å². The number of hydrogen-bond donors (Lipinski definition) is 1. The van der Waals surface area contributed by atoms with E-state index in [1.807, 2.05) is 25.1 Å². The number of nitrogens with zero attached hydrogens (tertiary/aromatic N) is 2. The van der Waals surface area contributed by atoms with Crippen molar-refractivity contribution in [3.63, 3.8) is 0 Å². The Morgan fingerprint density at radius 1 is 1.03 bits per heavy atom. The van der Waals surface area contributed by atoms with Crippen LogP contribution in [0, 0.1) is 6.92 Å². The Labute approximate surface area is 191 Å². The molecule has 7 nitrogen and oxygen atoms in total. The molecule has 1 fully saturated rings. The van der Waals surface area contributed by atoms with Gasteiger partial charge in [-0.2, -0.15) is 0 Å². The maximum atomic E-state index is 13.2. The average Bonchev–Trinajstić information content (AvgIpc) is 3.08. The number of aryl methyl sites for hydroxylation is 1. The third kappa shape index (κ3) is 4.05. The first-order valence-electron chi connectivity index (χ1n) is 10.4. The van der Waals surface area contributed by atoms with Crippen molar-refractivity contribution < 1.29 is 24.2 Å². The molecule has 1 unspecified atom stereocenters. The van der Waals surface area contributed by atoms with Crippen LogP contribution in [0.4, 0.5) is 0 Å². The van der Waals surface area contributed by atoms with Crippen LogP contribution in [0.25, 0.3) is 5.76 Å². The largest absolute Gasteiger partial charge is 0.507 e. The monoisotopic (exact) mass is 444 g/mol. The molecule has 1 aliphatic heterocycles. The number of benzene rings is 2. The number of amides is 1. The molecule has 0 saturated carbocycles. The fourth-order valence-corrected chi connectivity index (χ4v) is 4.05. The lowest BCUT2D eigenvalue weighted by molar-refractivity contribution is -0.140. The van der Waals surface area contributed by atoms with Crippen LogP contribution in [-0.4, -0.2) is 40.9 Å². The highest BCUT2D eigenvalue weighted by molar-refractivity contribution is 6.46. The standard InChI is InChI=1S/C26H24N2O5/c1-16-9-11-18(12-10-16)23(29)21-22(19-7-4-8-20(32-2)25(19)33-3)28(26(31)24(21)30)15-17-6-5-13-27-14-17/h4-14,22,29H,15H2,1-3H3/b23-21-. The molecule has 0 bridgehead atoms. The summed E-state index contributed by atoms with van der Waals surface area (Å²) in [6.45, 7) is 2.06. The summed E-state index contributed by atoms with van der Waals surface area (Å²) >= 11 is 0. The number of ketones is 1. The van der Waals surface area contributed by atoms with Gasteiger partial charge in [-0.1, -0.05) is 48.0 Å². The number of aromatic nitrogens is 1. The van der Waals surface area contributed by atoms with E-state index in [9.17, 15) is 14.7 Å². The molecule has 1 atom stereocenters. The van der Waals surface area contributed by atoms with Gasteiger partial charge in [0.25, 0.3) is 11.7 Å². The highest BCUT2D eigenvalue weighted by atomic mass is 16.5. The van der Waals surface area contributed by atoms with Gasteiger partial charge in [0.1, 0.15) is 5.76 Å². The zero-order valence-corrected chi connectivity index (χ0v) is 18.6. The molecule has 0 aliphatic carbocycles. The van der Waals surface area contributed by atoms with Crippen LogP contribution in [0.1, 0.15) is 28.3 Å². The van der Waals surface area contributed by atoms with Gasteiger partial charge in [-0.15, -0.1) is 0 Å². The zero-order valence-electron chi connectivity index (χ0n) is 18.6. The molecular weight excluding hydrogens is 420 g/mol. The summed E-state index contributed by atoms with van der Waals surface area (Å²) in [7, 11) is 3.01. The van der Waals surface area contributed by atoms with Gasteiger partial charge in [-0.05, 0) is 24.6 Å². The second kappa shape index (κ2) is 9.16. The van der Waals surface area contributed by atoms with Crippen molar-refractivity contribution in [3.8, 4) is 11.5 Å². The molecule has 2 heterocycles. The molecular formula is C26H24N2O5. The second-order valence-corrected chi connectivity index (χ2v) is 7.74. The topological polar surface area (TPSA) is 89.0 Å². The lowest BCUT2D eigenvalue weighted by atomic mass is 9.94. The number of aliphatic hydroxyl groups excluding tert-OH is 1. The van der Waals surface area contributed by atoms with Crippen molar-refractivity contribution in [1.29, 1.82) is 0 Å². The molecule has 4 rings (SSSR count). The minimum atomic E-state index is -0.878. The number of rotatable bonds is 6. The van der Waals surface area contributed by atoms with Crippen LogP contribution < -0.4 is 9.47 Å². The molecule has 168 valence electrons. The number of Topliss-reactive ketones (excluding diaryl/α,β-unsaturated/α-hetero) is 1. The predicted molar refractivity (Wildman–Crippen MR) is 123 cm³/mol. The number of methoxy groups -OCH3 is 2. The van der Waals surface area contributed by atoms with E-state index in [0.717, 1.165) is 11.1 Å². The fourth-order valence-electron chi connectivity index (χ4n) is 4.05. The zero-order chi connectivity index (χ0) is 23.5. The van der Waals surface area contributed by atoms with Gasteiger partial charge in [0.05, 0.1) is 25.8 Å². The van der Waals surface area contributed by atoms with Crippen molar-refractivity contribution in [1.82, 2.24) is 9.88 Å². The molecule has 0 radical (unpaired) electrons. The van der Waals surface area contributed by atoms with Crippen LogP contribution in [-0.2, 0) is 16.1 Å². The van der Waals surface area contributed by atoms with Crippen molar-refractivity contribution in [2.75, 3.05) is 14.2 Å². The first-order chi connectivity index (χ1) is 16.0. The molecule has 1 saturated heterocycles. The summed E-state index contributed by atoms with van der Waals surface area (Å²) in [4.78, 5) is 32.0. The van der Waals surface area contributed by atoms with Crippen LogP contribution in [0.15, 0.2) is 72.6 Å². The SMILES string of the molecule is COc1cccc(C2/C(=C(/O)c3ccc(C)cc3)C(=O)C(=O)N2Cc2cccnc2)c1OC. The smallest absolute Gasteiger partial charge is 0.295 e. The fraction of sp³-hybridized carbons (Fsp3) is 0.192. The highest BCUT2D eigenvalue weighted by Gasteiger charge is 2.47. The van der Waals surface area contributed by atoms with Gasteiger partial charge in [-0.3, -0.25) is 14.6 Å². The highest BCUT2D eigenvalue weighted by Crippen LogP contribution is 2.46. The predicted octanol–water partition coefficient (Wildman–Crippen LogP) is 4.03. The lowest BCUT2D eigenvalue weighted by Crippen LogP contribution is -2.29. The molecule has 1 aromatic heterocycles. The quantitative estimate of drug-likeness (QED) is 0.351. The first kappa shape index (κ1) is 22.1. The van der Waals surface area contributed by atoms with Crippen molar-refractivity contribution in [2.24, 2.45) is 0 Å². The summed E-state index contributed by atoms with van der Waals surface area (Å²) in [6, 6.07) is 15.1. The summed E-state index contributed by atoms with van der Waals surface area (Å²) in [5.74, 6) is -0.860. The number of carbonyl (C=O) groups excluding carboxylic acids is 2. The van der Waals surface area contributed by atoms with E-state index in [1.54, 1.807) is 48.8 Å². The van der Waals surface area contributed by atoms with Crippen LogP contribution in [0.5, 0.6) is 11.5 Å². The summed E-state index contributed by atoms with van der Waals surface area (Å²) in [5.41, 5.74) is 2.75. The normalized spacial score (nSPS) is 17.3. The molecule has 7 heteroatoms. The van der Waals surface area contributed by atoms with Crippen molar-refractivity contribution in [3.05, 3.63) is 94.8 Å². The van der Waals surface area contributed by atoms with E-state index < -0.39 is 17.7 Å². The molecule has 1 N–H and O–H groups in total. The Kier molecular flexibility index (Phi) is 6.13. The Bertz CT molecular complexity index is 1220. The lowest BCUT2D eigenvalue weighted by Gasteiger charge is -2.27. The van der Waals surface area contributed by atoms with Gasteiger partial charge in [-0.25, -0.2) is 0 Å². The maximum Gasteiger partial charge on any atom is 0.295 e. The Balaban J connectivity index is 1.94. The van der Waals surface area contributed by atoms with E-state index >= 15 is 0 Å². The summed E-state index contributed by atoms with van der Waals surface area (Å²) in [5, 5.41) is 11.2. The number of aliphatic hydroxyl groups is 1. The Morgan fingerprint density at radius 3 is 2.42 bits per heavy atom. The minimum Gasteiger partial charge on any atom is -0.507 e. The maximum absolute atomic E-state index is 13.2. The Morgan fingerprint density at radius 2 is 1.79 bits per heavy atom. The van der Waals surface area contributed by atoms with Gasteiger partial charge in [0, 0.05) is 30.1 Å². The van der Waals surface area contributed by atoms with Gasteiger partial charge in [0.15, 0.2) is 11.5 Å². The first-order valence-corrected chi connectivity index (χ1v) is 10.4. The molecule has 2 aromatic carbocycles. The van der Waals surface area contributed by atoms with Crippen LogP contribution in [0.3, 0.4) is 0 Å². The number of carbonyl (C=O) groups is 2. The van der Waals surface area contributed by atoms with Crippen LogP contribution in [0.2, 0.25) is 0 Å². The van der Waals surface area contributed by atoms with E-state index in [0.29, 0.717) is 22.6 Å². The van der Waals surface area contributed by atoms with Gasteiger partial charge >= 0.3 is 0 Å². The summed E-state index contributed by atoms with van der Waals surface area (Å²) in [6.07, 6.45) is 3.27. The van der Waals surface area contributed by atoms with E-state index in [4.69, 9.17) is 9.47 Å². The second-order valence-electron chi connectivity index (χ2n) is 7.74. The number of pyridine rings is 1. The minimum absolute atomic E-state index is 0.000651. The molecule has 1 aliphatic rings. The molecule has 0 spiro atoms. The Hall–Kier alpha value is -4.13. The number of hydrogen-bond acceptors (Lipinski definition) is 6. The average molecular weight is 444 g/mol. The van der Waals surface area contributed by atoms with Crippen molar-refractivity contribution >= 4 is 17.4 Å². The third-order valence-electron chi connectivity index (χ3n) is 5.67. The van der Waals surface area contributed by atoms with E-state index in [2.05, 4.69) is 4.98 Å². The number of para-hydroxylation sites is 1. The number of ether oxygens (including phenoxy) is 2. The van der Waals surface area contributed by atoms with Gasteiger partial charge < -0.3 is 19.5 Å². The van der Waals surface area contributed by atoms with Gasteiger partial charge in [0.2, 0.25) is 0 Å².